The molecule has 0 bridgehead atoms. The van der Waals surface area contributed by atoms with Crippen LogP contribution in [0.2, 0.25) is 0 Å². The van der Waals surface area contributed by atoms with E-state index in [1.165, 1.54) is 32.1 Å². The lowest BCUT2D eigenvalue weighted by Gasteiger charge is -2.23. The van der Waals surface area contributed by atoms with E-state index in [1.54, 1.807) is 0 Å². The second kappa shape index (κ2) is 5.36. The summed E-state index contributed by atoms with van der Waals surface area (Å²) in [5.41, 5.74) is -0.228. The molecule has 2 nitrogen and oxygen atoms in total. The Bertz CT molecular complexity index is 199. The molecule has 0 aromatic carbocycles. The third-order valence-electron chi connectivity index (χ3n) is 2.94. The molecule has 1 fully saturated rings. The Hall–Kier alpha value is -0.550. The normalized spacial score (nSPS) is 19.2. The van der Waals surface area contributed by atoms with Gasteiger partial charge in [0.1, 0.15) is 0 Å². The van der Waals surface area contributed by atoms with Gasteiger partial charge in [0.05, 0.1) is 17.6 Å². The van der Waals surface area contributed by atoms with Gasteiger partial charge in [-0.15, -0.1) is 0 Å². The van der Waals surface area contributed by atoms with Crippen molar-refractivity contribution in [3.63, 3.8) is 0 Å². The van der Waals surface area contributed by atoms with Gasteiger partial charge < -0.3 is 4.74 Å². The molecular weight excluding hydrogens is 174 g/mol. The SMILES string of the molecule is CC(C)(C#N)CCOC1CCCCC1. The Labute approximate surface area is 87.3 Å². The summed E-state index contributed by atoms with van der Waals surface area (Å²) in [6.45, 7) is 4.68. The summed E-state index contributed by atoms with van der Waals surface area (Å²) < 4.78 is 5.77. The van der Waals surface area contributed by atoms with Gasteiger partial charge in [-0.25, -0.2) is 0 Å². The fraction of sp³-hybridized carbons (Fsp3) is 0.917. The van der Waals surface area contributed by atoms with Gasteiger partial charge in [0, 0.05) is 6.61 Å². The smallest absolute Gasteiger partial charge is 0.0684 e. The van der Waals surface area contributed by atoms with Crippen LogP contribution in [0, 0.1) is 16.7 Å². The number of hydrogen-bond acceptors (Lipinski definition) is 2. The minimum absolute atomic E-state index is 0.228. The first-order chi connectivity index (χ1) is 6.64. The van der Waals surface area contributed by atoms with Crippen LogP contribution in [0.25, 0.3) is 0 Å². The zero-order valence-corrected chi connectivity index (χ0v) is 9.38. The molecule has 1 rings (SSSR count). The van der Waals surface area contributed by atoms with Gasteiger partial charge in [0.2, 0.25) is 0 Å². The van der Waals surface area contributed by atoms with Crippen molar-refractivity contribution in [2.24, 2.45) is 5.41 Å². The zero-order chi connectivity index (χ0) is 10.4. The summed E-state index contributed by atoms with van der Waals surface area (Å²) in [6, 6.07) is 2.30. The Morgan fingerprint density at radius 3 is 2.50 bits per heavy atom. The quantitative estimate of drug-likeness (QED) is 0.689. The van der Waals surface area contributed by atoms with Crippen LogP contribution in [0.3, 0.4) is 0 Å². The van der Waals surface area contributed by atoms with Gasteiger partial charge in [-0.2, -0.15) is 5.26 Å². The molecule has 0 aromatic heterocycles. The number of rotatable bonds is 4. The molecule has 0 saturated heterocycles. The summed E-state index contributed by atoms with van der Waals surface area (Å²) in [7, 11) is 0. The molecule has 0 N–H and O–H groups in total. The van der Waals surface area contributed by atoms with Crippen molar-refractivity contribution < 1.29 is 4.74 Å². The van der Waals surface area contributed by atoms with E-state index in [0.29, 0.717) is 6.10 Å². The minimum Gasteiger partial charge on any atom is -0.378 e. The zero-order valence-electron chi connectivity index (χ0n) is 9.38. The molecule has 0 spiro atoms. The highest BCUT2D eigenvalue weighted by molar-refractivity contribution is 4.91. The molecule has 0 radical (unpaired) electrons. The highest BCUT2D eigenvalue weighted by atomic mass is 16.5. The van der Waals surface area contributed by atoms with Crippen molar-refractivity contribution in [2.45, 2.75) is 58.5 Å². The van der Waals surface area contributed by atoms with Crippen LogP contribution in [0.15, 0.2) is 0 Å². The molecule has 0 heterocycles. The van der Waals surface area contributed by atoms with Gasteiger partial charge in [-0.3, -0.25) is 0 Å². The van der Waals surface area contributed by atoms with Gasteiger partial charge in [0.15, 0.2) is 0 Å². The molecule has 80 valence electrons. The third-order valence-corrected chi connectivity index (χ3v) is 2.94. The molecule has 2 heteroatoms. The van der Waals surface area contributed by atoms with Crippen LogP contribution in [0.5, 0.6) is 0 Å². The van der Waals surface area contributed by atoms with Crippen molar-refractivity contribution >= 4 is 0 Å². The van der Waals surface area contributed by atoms with E-state index in [2.05, 4.69) is 6.07 Å². The maximum absolute atomic E-state index is 8.83. The summed E-state index contributed by atoms with van der Waals surface area (Å²) in [5, 5.41) is 8.83. The first-order valence-corrected chi connectivity index (χ1v) is 5.67. The molecule has 0 amide bonds. The van der Waals surface area contributed by atoms with E-state index in [0.717, 1.165) is 13.0 Å². The summed E-state index contributed by atoms with van der Waals surface area (Å²) in [4.78, 5) is 0. The second-order valence-electron chi connectivity index (χ2n) is 4.88. The van der Waals surface area contributed by atoms with E-state index in [1.807, 2.05) is 13.8 Å². The Kier molecular flexibility index (Phi) is 4.41. The number of ether oxygens (including phenoxy) is 1. The van der Waals surface area contributed by atoms with E-state index >= 15 is 0 Å². The van der Waals surface area contributed by atoms with Crippen LogP contribution >= 0.6 is 0 Å². The average molecular weight is 195 g/mol. The molecule has 14 heavy (non-hydrogen) atoms. The lowest BCUT2D eigenvalue weighted by molar-refractivity contribution is 0.0188. The standard InChI is InChI=1S/C12H21NO/c1-12(2,10-13)8-9-14-11-6-4-3-5-7-11/h11H,3-9H2,1-2H3. The van der Waals surface area contributed by atoms with Crippen LogP contribution in [-0.2, 0) is 4.74 Å². The molecule has 0 aliphatic heterocycles. The van der Waals surface area contributed by atoms with Gasteiger partial charge in [-0.05, 0) is 33.1 Å². The molecule has 1 aliphatic carbocycles. The second-order valence-corrected chi connectivity index (χ2v) is 4.88. The van der Waals surface area contributed by atoms with Crippen molar-refractivity contribution in [1.82, 2.24) is 0 Å². The van der Waals surface area contributed by atoms with Crippen molar-refractivity contribution in [3.05, 3.63) is 0 Å². The summed E-state index contributed by atoms with van der Waals surface area (Å²) in [5.74, 6) is 0. The van der Waals surface area contributed by atoms with Crippen LogP contribution in [0.4, 0.5) is 0 Å². The fourth-order valence-electron chi connectivity index (χ4n) is 1.77. The van der Waals surface area contributed by atoms with Crippen molar-refractivity contribution in [1.29, 1.82) is 5.26 Å². The first-order valence-electron chi connectivity index (χ1n) is 5.67. The van der Waals surface area contributed by atoms with Gasteiger partial charge >= 0.3 is 0 Å². The van der Waals surface area contributed by atoms with Crippen LogP contribution in [0.1, 0.15) is 52.4 Å². The molecule has 1 saturated carbocycles. The fourth-order valence-corrected chi connectivity index (χ4v) is 1.77. The predicted octanol–water partition coefficient (Wildman–Crippen LogP) is 3.28. The monoisotopic (exact) mass is 195 g/mol. The Morgan fingerprint density at radius 2 is 1.93 bits per heavy atom. The molecule has 0 aromatic rings. The van der Waals surface area contributed by atoms with Gasteiger partial charge in [-0.1, -0.05) is 19.3 Å². The van der Waals surface area contributed by atoms with Crippen molar-refractivity contribution in [3.8, 4) is 6.07 Å². The van der Waals surface area contributed by atoms with Crippen LogP contribution < -0.4 is 0 Å². The average Bonchev–Trinajstić information content (AvgIpc) is 2.19. The van der Waals surface area contributed by atoms with E-state index in [-0.39, 0.29) is 5.41 Å². The molecule has 1 aliphatic rings. The largest absolute Gasteiger partial charge is 0.378 e. The first kappa shape index (κ1) is 11.5. The van der Waals surface area contributed by atoms with Gasteiger partial charge in [0.25, 0.3) is 0 Å². The maximum atomic E-state index is 8.83. The number of nitrogens with zero attached hydrogens (tertiary/aromatic N) is 1. The number of nitriles is 1. The highest BCUT2D eigenvalue weighted by Gasteiger charge is 2.18. The minimum atomic E-state index is -0.228. The summed E-state index contributed by atoms with van der Waals surface area (Å²) >= 11 is 0. The topological polar surface area (TPSA) is 33.0 Å². The van der Waals surface area contributed by atoms with E-state index < -0.39 is 0 Å². The van der Waals surface area contributed by atoms with Crippen LogP contribution in [-0.4, -0.2) is 12.7 Å². The third kappa shape index (κ3) is 4.11. The highest BCUT2D eigenvalue weighted by Crippen LogP contribution is 2.23. The number of hydrogen-bond donors (Lipinski definition) is 0. The summed E-state index contributed by atoms with van der Waals surface area (Å²) in [6.07, 6.45) is 7.74. The lowest BCUT2D eigenvalue weighted by Crippen LogP contribution is -2.20. The predicted molar refractivity (Wildman–Crippen MR) is 56.8 cm³/mol. The molecular formula is C12H21NO. The lowest BCUT2D eigenvalue weighted by atomic mass is 9.92. The van der Waals surface area contributed by atoms with E-state index in [4.69, 9.17) is 10.00 Å². The maximum Gasteiger partial charge on any atom is 0.0684 e. The van der Waals surface area contributed by atoms with Crippen molar-refractivity contribution in [2.75, 3.05) is 6.61 Å². The Balaban J connectivity index is 2.12. The molecule has 0 unspecified atom stereocenters. The molecule has 0 atom stereocenters. The Morgan fingerprint density at radius 1 is 1.29 bits per heavy atom. The van der Waals surface area contributed by atoms with E-state index in [9.17, 15) is 0 Å².